The van der Waals surface area contributed by atoms with E-state index in [1.807, 2.05) is 49.4 Å². The molecule has 0 saturated carbocycles. The molecule has 166 valence electrons. The number of nitrogens with one attached hydrogen (secondary N) is 2. The average molecular weight is 506 g/mol. The van der Waals surface area contributed by atoms with Crippen LogP contribution in [0.1, 0.15) is 16.7 Å². The number of ether oxygens (including phenoxy) is 1. The molecule has 0 aliphatic carbocycles. The Morgan fingerprint density at radius 2 is 1.67 bits per heavy atom. The highest BCUT2D eigenvalue weighted by atomic mass is 79.9. The standard InChI is InChI=1S/C25H20BrN3O4/c1-17-7-5-6-10-21(17)28-24(31)25(32)29-27-16-19-15-20(26)12-13-22(19)33-23(30)14-11-18-8-3-2-4-9-18/h2-16H,1H3,(H,28,31)(H,29,32)/b14-11+,27-16+. The molecule has 0 bridgehead atoms. The molecule has 3 rings (SSSR count). The van der Waals surface area contributed by atoms with Crippen molar-refractivity contribution < 1.29 is 19.1 Å². The lowest BCUT2D eigenvalue weighted by Crippen LogP contribution is -2.32. The van der Waals surface area contributed by atoms with Crippen LogP contribution in [0, 0.1) is 6.92 Å². The number of hydrogen-bond acceptors (Lipinski definition) is 5. The van der Waals surface area contributed by atoms with Crippen LogP contribution >= 0.6 is 15.9 Å². The van der Waals surface area contributed by atoms with Crippen LogP contribution in [0.4, 0.5) is 5.69 Å². The van der Waals surface area contributed by atoms with Crippen LogP contribution in [-0.2, 0) is 14.4 Å². The molecule has 0 aliphatic rings. The predicted octanol–water partition coefficient (Wildman–Crippen LogP) is 4.47. The first-order valence-electron chi connectivity index (χ1n) is 9.87. The van der Waals surface area contributed by atoms with E-state index < -0.39 is 17.8 Å². The number of para-hydroxylation sites is 1. The van der Waals surface area contributed by atoms with Crippen molar-refractivity contribution in [3.05, 3.63) is 100 Å². The summed E-state index contributed by atoms with van der Waals surface area (Å²) in [5, 5.41) is 6.34. The third-order valence-corrected chi connectivity index (χ3v) is 4.86. The number of anilines is 1. The molecule has 0 unspecified atom stereocenters. The molecule has 0 fully saturated rings. The van der Waals surface area contributed by atoms with Crippen LogP contribution in [0.25, 0.3) is 6.08 Å². The van der Waals surface area contributed by atoms with Gasteiger partial charge in [0.05, 0.1) is 6.21 Å². The van der Waals surface area contributed by atoms with E-state index in [0.29, 0.717) is 15.7 Å². The van der Waals surface area contributed by atoms with E-state index in [2.05, 4.69) is 31.8 Å². The van der Waals surface area contributed by atoms with E-state index in [-0.39, 0.29) is 5.75 Å². The highest BCUT2D eigenvalue weighted by Gasteiger charge is 2.14. The summed E-state index contributed by atoms with van der Waals surface area (Å²) in [6.45, 7) is 1.82. The van der Waals surface area contributed by atoms with Gasteiger partial charge in [-0.05, 0) is 48.4 Å². The Morgan fingerprint density at radius 3 is 2.42 bits per heavy atom. The Hall–Kier alpha value is -4.04. The van der Waals surface area contributed by atoms with E-state index >= 15 is 0 Å². The van der Waals surface area contributed by atoms with Crippen molar-refractivity contribution >= 4 is 51.7 Å². The van der Waals surface area contributed by atoms with Gasteiger partial charge in [-0.3, -0.25) is 9.59 Å². The van der Waals surface area contributed by atoms with E-state index in [1.54, 1.807) is 36.4 Å². The lowest BCUT2D eigenvalue weighted by atomic mass is 10.2. The Bertz CT molecular complexity index is 1220. The fourth-order valence-corrected chi connectivity index (χ4v) is 3.07. The van der Waals surface area contributed by atoms with Crippen molar-refractivity contribution in [2.24, 2.45) is 5.10 Å². The van der Waals surface area contributed by atoms with E-state index in [0.717, 1.165) is 11.1 Å². The molecular weight excluding hydrogens is 486 g/mol. The monoisotopic (exact) mass is 505 g/mol. The summed E-state index contributed by atoms with van der Waals surface area (Å²) in [5.74, 6) is -2.12. The fraction of sp³-hybridized carbons (Fsp3) is 0.0400. The molecule has 2 N–H and O–H groups in total. The number of aryl methyl sites for hydroxylation is 1. The molecule has 0 atom stereocenters. The highest BCUT2D eigenvalue weighted by molar-refractivity contribution is 9.10. The lowest BCUT2D eigenvalue weighted by Gasteiger charge is -2.07. The van der Waals surface area contributed by atoms with Crippen LogP contribution in [0.3, 0.4) is 0 Å². The molecule has 0 saturated heterocycles. The second-order valence-electron chi connectivity index (χ2n) is 6.82. The zero-order valence-corrected chi connectivity index (χ0v) is 19.2. The minimum atomic E-state index is -0.936. The van der Waals surface area contributed by atoms with Gasteiger partial charge in [0, 0.05) is 21.8 Å². The van der Waals surface area contributed by atoms with Gasteiger partial charge in [0.25, 0.3) is 0 Å². The number of carbonyl (C=O) groups excluding carboxylic acids is 3. The molecule has 8 heteroatoms. The minimum absolute atomic E-state index is 0.239. The van der Waals surface area contributed by atoms with Crippen molar-refractivity contribution in [2.45, 2.75) is 6.92 Å². The summed E-state index contributed by atoms with van der Waals surface area (Å²) in [4.78, 5) is 36.3. The van der Waals surface area contributed by atoms with Gasteiger partial charge in [-0.2, -0.15) is 5.10 Å². The summed E-state index contributed by atoms with van der Waals surface area (Å²) in [6, 6.07) is 21.4. The second-order valence-corrected chi connectivity index (χ2v) is 7.73. The zero-order valence-electron chi connectivity index (χ0n) is 17.6. The number of benzene rings is 3. The fourth-order valence-electron chi connectivity index (χ4n) is 2.69. The van der Waals surface area contributed by atoms with Crippen molar-refractivity contribution in [1.29, 1.82) is 0 Å². The smallest absolute Gasteiger partial charge is 0.336 e. The summed E-state index contributed by atoms with van der Waals surface area (Å²) < 4.78 is 6.10. The van der Waals surface area contributed by atoms with Crippen LogP contribution in [-0.4, -0.2) is 24.0 Å². The molecule has 0 aromatic heterocycles. The van der Waals surface area contributed by atoms with Crippen LogP contribution in [0.5, 0.6) is 5.75 Å². The Morgan fingerprint density at radius 1 is 0.939 bits per heavy atom. The first-order chi connectivity index (χ1) is 15.9. The first-order valence-corrected chi connectivity index (χ1v) is 10.7. The molecular formula is C25H20BrN3O4. The largest absolute Gasteiger partial charge is 0.423 e. The van der Waals surface area contributed by atoms with Crippen LogP contribution in [0.2, 0.25) is 0 Å². The van der Waals surface area contributed by atoms with Crippen molar-refractivity contribution in [3.8, 4) is 5.75 Å². The number of esters is 1. The number of hydrogen-bond donors (Lipinski definition) is 2. The van der Waals surface area contributed by atoms with Gasteiger partial charge in [0.15, 0.2) is 0 Å². The summed E-state index contributed by atoms with van der Waals surface area (Å²) >= 11 is 3.34. The summed E-state index contributed by atoms with van der Waals surface area (Å²) in [7, 11) is 0. The molecule has 0 radical (unpaired) electrons. The van der Waals surface area contributed by atoms with Crippen LogP contribution < -0.4 is 15.5 Å². The molecule has 0 heterocycles. The Labute approximate surface area is 199 Å². The van der Waals surface area contributed by atoms with Gasteiger partial charge < -0.3 is 10.1 Å². The third-order valence-electron chi connectivity index (χ3n) is 4.36. The molecule has 3 aromatic carbocycles. The van der Waals surface area contributed by atoms with Gasteiger partial charge in [-0.25, -0.2) is 10.2 Å². The SMILES string of the molecule is Cc1ccccc1NC(=O)C(=O)N/N=C/c1cc(Br)ccc1OC(=O)/C=C/c1ccccc1. The van der Waals surface area contributed by atoms with Gasteiger partial charge >= 0.3 is 17.8 Å². The van der Waals surface area contributed by atoms with E-state index in [9.17, 15) is 14.4 Å². The van der Waals surface area contributed by atoms with Crippen molar-refractivity contribution in [1.82, 2.24) is 5.43 Å². The maximum Gasteiger partial charge on any atom is 0.336 e. The Balaban J connectivity index is 1.63. The van der Waals surface area contributed by atoms with Gasteiger partial charge in [0.1, 0.15) is 5.75 Å². The summed E-state index contributed by atoms with van der Waals surface area (Å²) in [6.07, 6.45) is 4.24. The van der Waals surface area contributed by atoms with Gasteiger partial charge in [0.2, 0.25) is 0 Å². The lowest BCUT2D eigenvalue weighted by molar-refractivity contribution is -0.136. The number of hydrazone groups is 1. The summed E-state index contributed by atoms with van der Waals surface area (Å²) in [5.41, 5.74) is 4.80. The number of amides is 2. The van der Waals surface area contributed by atoms with Crippen molar-refractivity contribution in [3.63, 3.8) is 0 Å². The number of carbonyl (C=O) groups is 3. The molecule has 3 aromatic rings. The molecule has 2 amide bonds. The number of rotatable bonds is 6. The zero-order chi connectivity index (χ0) is 23.6. The molecule has 7 nitrogen and oxygen atoms in total. The van der Waals surface area contributed by atoms with Crippen LogP contribution in [0.15, 0.2) is 88.4 Å². The second kappa shape index (κ2) is 11.5. The Kier molecular flexibility index (Phi) is 8.26. The average Bonchev–Trinajstić information content (AvgIpc) is 2.81. The number of halogens is 1. The topological polar surface area (TPSA) is 96.9 Å². The van der Waals surface area contributed by atoms with Gasteiger partial charge in [-0.15, -0.1) is 0 Å². The molecule has 0 spiro atoms. The van der Waals surface area contributed by atoms with Gasteiger partial charge in [-0.1, -0.05) is 64.5 Å². The van der Waals surface area contributed by atoms with E-state index in [4.69, 9.17) is 4.74 Å². The maximum atomic E-state index is 12.2. The quantitative estimate of drug-likeness (QED) is 0.129. The van der Waals surface area contributed by atoms with E-state index in [1.165, 1.54) is 12.3 Å². The normalized spacial score (nSPS) is 10.8. The molecule has 33 heavy (non-hydrogen) atoms. The predicted molar refractivity (Wildman–Crippen MR) is 131 cm³/mol. The third kappa shape index (κ3) is 7.26. The highest BCUT2D eigenvalue weighted by Crippen LogP contribution is 2.22. The van der Waals surface area contributed by atoms with Crippen molar-refractivity contribution in [2.75, 3.05) is 5.32 Å². The first kappa shape index (κ1) is 23.6. The maximum absolute atomic E-state index is 12.2. The number of nitrogens with zero attached hydrogens (tertiary/aromatic N) is 1. The molecule has 0 aliphatic heterocycles. The minimum Gasteiger partial charge on any atom is -0.423 e.